The lowest BCUT2D eigenvalue weighted by Gasteiger charge is -2.35. The molecule has 206 valence electrons. The number of rotatable bonds is 6. The minimum atomic E-state index is -0.330. The smallest absolute Gasteiger partial charge is 0.323 e. The minimum absolute atomic E-state index is 0. The van der Waals surface area contributed by atoms with Crippen molar-refractivity contribution in [2.75, 3.05) is 52.1 Å². The van der Waals surface area contributed by atoms with Gasteiger partial charge in [0.2, 0.25) is 11.8 Å². The first kappa shape index (κ1) is 28.5. The van der Waals surface area contributed by atoms with Crippen LogP contribution in [-0.4, -0.2) is 89.2 Å². The monoisotopic (exact) mass is 568 g/mol. The molecule has 1 saturated heterocycles. The topological polar surface area (TPSA) is 89.1 Å². The number of pyridine rings is 1. The number of hydrogen-bond donors (Lipinski definition) is 1. The molecule has 0 atom stereocenters. The molecule has 0 bridgehead atoms. The summed E-state index contributed by atoms with van der Waals surface area (Å²) in [5.41, 5.74) is 2.77. The molecular formula is C28H33ClN6O3S. The second-order valence-corrected chi connectivity index (χ2v) is 11.1. The number of fused-ring (bicyclic) bond motifs is 2. The highest BCUT2D eigenvalue weighted by atomic mass is 35.5. The fourth-order valence-electron chi connectivity index (χ4n) is 4.72. The average molecular weight is 569 g/mol. The molecule has 4 amide bonds. The third-order valence-electron chi connectivity index (χ3n) is 7.16. The quantitative estimate of drug-likeness (QED) is 0.457. The molecule has 2 aromatic heterocycles. The molecule has 9 nitrogen and oxygen atoms in total. The van der Waals surface area contributed by atoms with Gasteiger partial charge in [-0.2, -0.15) is 0 Å². The van der Waals surface area contributed by atoms with E-state index in [2.05, 4.69) is 34.3 Å². The number of nitrogens with zero attached hydrogens (tertiary/aromatic N) is 5. The molecule has 0 saturated carbocycles. The van der Waals surface area contributed by atoms with Crippen LogP contribution in [-0.2, 0) is 22.7 Å². The van der Waals surface area contributed by atoms with Crippen LogP contribution >= 0.6 is 23.7 Å². The minimum Gasteiger partial charge on any atom is -0.339 e. The van der Waals surface area contributed by atoms with Gasteiger partial charge in [-0.3, -0.25) is 14.9 Å². The number of carbonyl (C=O) groups excluding carboxylic acids is 3. The molecule has 5 rings (SSSR count). The van der Waals surface area contributed by atoms with E-state index in [1.165, 1.54) is 25.4 Å². The van der Waals surface area contributed by atoms with Crippen LogP contribution in [0.3, 0.4) is 0 Å². The van der Waals surface area contributed by atoms with Crippen molar-refractivity contribution in [2.45, 2.75) is 20.0 Å². The predicted octanol–water partition coefficient (Wildman–Crippen LogP) is 3.82. The fourth-order valence-corrected chi connectivity index (χ4v) is 5.99. The maximum atomic E-state index is 12.8. The highest BCUT2D eigenvalue weighted by Gasteiger charge is 2.28. The van der Waals surface area contributed by atoms with E-state index >= 15 is 0 Å². The second-order valence-electron chi connectivity index (χ2n) is 9.92. The third-order valence-corrected chi connectivity index (χ3v) is 8.42. The van der Waals surface area contributed by atoms with Crippen molar-refractivity contribution < 1.29 is 14.4 Å². The highest BCUT2D eigenvalue weighted by molar-refractivity contribution is 7.19. The van der Waals surface area contributed by atoms with Gasteiger partial charge in [-0.1, -0.05) is 18.2 Å². The Morgan fingerprint density at radius 2 is 1.92 bits per heavy atom. The zero-order chi connectivity index (χ0) is 26.8. The highest BCUT2D eigenvalue weighted by Crippen LogP contribution is 2.31. The molecule has 1 fully saturated rings. The Bertz CT molecular complexity index is 1420. The molecule has 3 aromatic rings. The first-order valence-electron chi connectivity index (χ1n) is 12.7. The zero-order valence-corrected chi connectivity index (χ0v) is 24.0. The SMILES string of the molecule is Cc1c(CN(C)C(=O)/C=C/c2cnc3c(c2)CN(CC(=O)N2CCN(C)CC2)C(=O)N3)sc2ccccc12.Cl. The van der Waals surface area contributed by atoms with Gasteiger partial charge in [0.15, 0.2) is 0 Å². The van der Waals surface area contributed by atoms with Crippen LogP contribution in [0.25, 0.3) is 16.2 Å². The molecule has 1 aromatic carbocycles. The number of piperazine rings is 1. The maximum absolute atomic E-state index is 12.8. The molecule has 2 aliphatic heterocycles. The Labute approximate surface area is 238 Å². The number of amides is 4. The summed E-state index contributed by atoms with van der Waals surface area (Å²) in [6, 6.07) is 9.85. The summed E-state index contributed by atoms with van der Waals surface area (Å²) in [4.78, 5) is 50.9. The van der Waals surface area contributed by atoms with Crippen molar-refractivity contribution in [1.82, 2.24) is 24.6 Å². The van der Waals surface area contributed by atoms with Gasteiger partial charge in [-0.05, 0) is 48.7 Å². The number of nitrogens with one attached hydrogen (secondary N) is 1. The number of hydrogen-bond acceptors (Lipinski definition) is 6. The maximum Gasteiger partial charge on any atom is 0.323 e. The Morgan fingerprint density at radius 1 is 1.18 bits per heavy atom. The number of benzene rings is 1. The molecule has 0 unspecified atom stereocenters. The number of anilines is 1. The van der Waals surface area contributed by atoms with Crippen LogP contribution in [0.2, 0.25) is 0 Å². The van der Waals surface area contributed by atoms with Crippen LogP contribution in [0.1, 0.15) is 21.6 Å². The van der Waals surface area contributed by atoms with Crippen molar-refractivity contribution in [3.8, 4) is 0 Å². The largest absolute Gasteiger partial charge is 0.339 e. The Kier molecular flexibility index (Phi) is 8.89. The van der Waals surface area contributed by atoms with Crippen molar-refractivity contribution in [2.24, 2.45) is 0 Å². The van der Waals surface area contributed by atoms with Crippen LogP contribution < -0.4 is 5.32 Å². The first-order chi connectivity index (χ1) is 18.3. The number of halogens is 1. The zero-order valence-electron chi connectivity index (χ0n) is 22.3. The van der Waals surface area contributed by atoms with E-state index in [0.717, 1.165) is 24.2 Å². The summed E-state index contributed by atoms with van der Waals surface area (Å²) >= 11 is 1.72. The molecule has 1 N–H and O–H groups in total. The normalized spacial score (nSPS) is 15.7. The molecular weight excluding hydrogens is 536 g/mol. The van der Waals surface area contributed by atoms with E-state index in [1.54, 1.807) is 41.6 Å². The molecule has 0 aliphatic carbocycles. The summed E-state index contributed by atoms with van der Waals surface area (Å²) in [6.45, 7) is 5.95. The van der Waals surface area contributed by atoms with Gasteiger partial charge in [-0.25, -0.2) is 9.78 Å². The van der Waals surface area contributed by atoms with Crippen molar-refractivity contribution in [3.05, 3.63) is 64.2 Å². The van der Waals surface area contributed by atoms with Gasteiger partial charge in [0.1, 0.15) is 12.4 Å². The molecule has 11 heteroatoms. The van der Waals surface area contributed by atoms with E-state index in [1.807, 2.05) is 30.1 Å². The second kappa shape index (κ2) is 12.1. The van der Waals surface area contributed by atoms with Crippen LogP contribution in [0.4, 0.5) is 10.6 Å². The number of urea groups is 1. The summed E-state index contributed by atoms with van der Waals surface area (Å²) in [5, 5.41) is 4.01. The van der Waals surface area contributed by atoms with E-state index < -0.39 is 0 Å². The lowest BCUT2D eigenvalue weighted by molar-refractivity contribution is -0.133. The summed E-state index contributed by atoms with van der Waals surface area (Å²) in [7, 11) is 3.83. The lowest BCUT2D eigenvalue weighted by Crippen LogP contribution is -2.51. The van der Waals surface area contributed by atoms with Crippen LogP contribution in [0.5, 0.6) is 0 Å². The van der Waals surface area contributed by atoms with E-state index in [0.29, 0.717) is 25.5 Å². The molecule has 39 heavy (non-hydrogen) atoms. The average Bonchev–Trinajstić information content (AvgIpc) is 3.23. The number of carbonyl (C=O) groups is 3. The van der Waals surface area contributed by atoms with Gasteiger partial charge in [0, 0.05) is 60.6 Å². The van der Waals surface area contributed by atoms with Gasteiger partial charge < -0.3 is 19.6 Å². The molecule has 2 aliphatic rings. The van der Waals surface area contributed by atoms with Gasteiger partial charge in [-0.15, -0.1) is 23.7 Å². The van der Waals surface area contributed by atoms with Crippen molar-refractivity contribution in [1.29, 1.82) is 0 Å². The number of likely N-dealkylation sites (N-methyl/N-ethyl adjacent to an activating group) is 2. The third kappa shape index (κ3) is 6.41. The predicted molar refractivity (Wildman–Crippen MR) is 157 cm³/mol. The first-order valence-corrected chi connectivity index (χ1v) is 13.5. The van der Waals surface area contributed by atoms with E-state index in [-0.39, 0.29) is 43.3 Å². The molecule has 4 heterocycles. The van der Waals surface area contributed by atoms with E-state index in [4.69, 9.17) is 0 Å². The summed E-state index contributed by atoms with van der Waals surface area (Å²) in [6.07, 6.45) is 4.91. The number of aryl methyl sites for hydroxylation is 1. The number of aromatic nitrogens is 1. The Morgan fingerprint density at radius 3 is 2.67 bits per heavy atom. The van der Waals surface area contributed by atoms with Gasteiger partial charge in [0.05, 0.1) is 13.1 Å². The standard InChI is InChI=1S/C28H32N6O3S.ClH/c1-19-22-6-4-5-7-23(22)38-24(19)17-32(3)25(35)9-8-20-14-21-16-34(28(37)30-27(21)29-15-20)18-26(36)33-12-10-31(2)11-13-33;/h4-9,14-15H,10-13,16-18H2,1-3H3,(H,29,30,37);1H/b9-8+;. The van der Waals surface area contributed by atoms with Crippen LogP contribution in [0.15, 0.2) is 42.6 Å². The molecule has 0 radical (unpaired) electrons. The van der Waals surface area contributed by atoms with E-state index in [9.17, 15) is 14.4 Å². The van der Waals surface area contributed by atoms with Crippen LogP contribution in [0, 0.1) is 6.92 Å². The fraction of sp³-hybridized carbons (Fsp3) is 0.357. The Balaban J connectivity index is 0.00000353. The number of thiophene rings is 1. The van der Waals surface area contributed by atoms with Gasteiger partial charge >= 0.3 is 6.03 Å². The van der Waals surface area contributed by atoms with Crippen molar-refractivity contribution >= 4 is 63.6 Å². The summed E-state index contributed by atoms with van der Waals surface area (Å²) < 4.78 is 1.22. The Hall–Kier alpha value is -3.47. The molecule has 0 spiro atoms. The summed E-state index contributed by atoms with van der Waals surface area (Å²) in [5.74, 6) is 0.328. The van der Waals surface area contributed by atoms with Gasteiger partial charge in [0.25, 0.3) is 0 Å². The van der Waals surface area contributed by atoms with Crippen molar-refractivity contribution in [3.63, 3.8) is 0 Å². The lowest BCUT2D eigenvalue weighted by atomic mass is 10.1.